The van der Waals surface area contributed by atoms with Gasteiger partial charge in [-0.1, -0.05) is 0 Å². The Balaban J connectivity index is 2.07. The van der Waals surface area contributed by atoms with Crippen molar-refractivity contribution in [2.45, 2.75) is 30.9 Å². The fourth-order valence-electron chi connectivity index (χ4n) is 1.89. The standard InChI is InChI=1S/C10H15NO2S/c1-2-9-4-3-7-11(8-9)14(12,13)10-5-6-10/h1,9-10H,3-8H2. The van der Waals surface area contributed by atoms with Gasteiger partial charge < -0.3 is 0 Å². The van der Waals surface area contributed by atoms with E-state index >= 15 is 0 Å². The first kappa shape index (κ1) is 10.0. The van der Waals surface area contributed by atoms with Gasteiger partial charge in [0.25, 0.3) is 0 Å². The van der Waals surface area contributed by atoms with E-state index in [2.05, 4.69) is 5.92 Å². The predicted octanol–water partition coefficient (Wildman–Crippen LogP) is 0.824. The molecule has 0 spiro atoms. The van der Waals surface area contributed by atoms with Crippen LogP contribution in [-0.4, -0.2) is 31.1 Å². The van der Waals surface area contributed by atoms with Crippen molar-refractivity contribution < 1.29 is 8.42 Å². The van der Waals surface area contributed by atoms with E-state index in [0.29, 0.717) is 13.1 Å². The summed E-state index contributed by atoms with van der Waals surface area (Å²) in [7, 11) is -2.99. The van der Waals surface area contributed by atoms with E-state index in [0.717, 1.165) is 25.7 Å². The molecule has 2 fully saturated rings. The van der Waals surface area contributed by atoms with Crippen LogP contribution in [0, 0.1) is 18.3 Å². The summed E-state index contributed by atoms with van der Waals surface area (Å²) in [5.74, 6) is 2.78. The number of rotatable bonds is 2. The van der Waals surface area contributed by atoms with E-state index in [-0.39, 0.29) is 11.2 Å². The molecule has 1 saturated heterocycles. The van der Waals surface area contributed by atoms with Gasteiger partial charge in [0.15, 0.2) is 0 Å². The van der Waals surface area contributed by atoms with Crippen LogP contribution in [-0.2, 0) is 10.0 Å². The SMILES string of the molecule is C#CC1CCCN(S(=O)(=O)C2CC2)C1. The van der Waals surface area contributed by atoms with E-state index in [1.807, 2.05) is 0 Å². The van der Waals surface area contributed by atoms with Gasteiger partial charge in [-0.25, -0.2) is 12.7 Å². The minimum absolute atomic E-state index is 0.0981. The van der Waals surface area contributed by atoms with Crippen molar-refractivity contribution in [3.63, 3.8) is 0 Å². The lowest BCUT2D eigenvalue weighted by Crippen LogP contribution is -2.41. The van der Waals surface area contributed by atoms with Crippen LogP contribution < -0.4 is 0 Å². The van der Waals surface area contributed by atoms with Gasteiger partial charge in [-0.2, -0.15) is 0 Å². The van der Waals surface area contributed by atoms with Crippen LogP contribution in [0.4, 0.5) is 0 Å². The Hall–Kier alpha value is -0.530. The first-order valence-electron chi connectivity index (χ1n) is 5.09. The monoisotopic (exact) mass is 213 g/mol. The Morgan fingerprint density at radius 3 is 2.57 bits per heavy atom. The second kappa shape index (κ2) is 3.56. The van der Waals surface area contributed by atoms with Gasteiger partial charge in [0, 0.05) is 19.0 Å². The molecule has 1 saturated carbocycles. The maximum atomic E-state index is 11.9. The number of piperidine rings is 1. The van der Waals surface area contributed by atoms with Gasteiger partial charge in [0.1, 0.15) is 0 Å². The molecule has 2 rings (SSSR count). The van der Waals surface area contributed by atoms with Crippen LogP contribution >= 0.6 is 0 Å². The summed E-state index contributed by atoms with van der Waals surface area (Å²) in [6.07, 6.45) is 8.86. The van der Waals surface area contributed by atoms with Crippen molar-refractivity contribution in [1.29, 1.82) is 0 Å². The van der Waals surface area contributed by atoms with E-state index in [4.69, 9.17) is 6.42 Å². The third-order valence-electron chi connectivity index (χ3n) is 2.93. The van der Waals surface area contributed by atoms with E-state index in [1.54, 1.807) is 4.31 Å². The molecule has 1 heterocycles. The second-order valence-corrected chi connectivity index (χ2v) is 6.32. The zero-order valence-electron chi connectivity index (χ0n) is 8.15. The molecule has 0 bridgehead atoms. The molecule has 3 nitrogen and oxygen atoms in total. The summed E-state index contributed by atoms with van der Waals surface area (Å²) in [5, 5.41) is -0.0981. The molecule has 2 aliphatic rings. The molecule has 4 heteroatoms. The Morgan fingerprint density at radius 2 is 2.00 bits per heavy atom. The van der Waals surface area contributed by atoms with Crippen LogP contribution in [0.2, 0.25) is 0 Å². The van der Waals surface area contributed by atoms with Crippen LogP contribution in [0.5, 0.6) is 0 Å². The summed E-state index contributed by atoms with van der Waals surface area (Å²) in [6.45, 7) is 1.20. The third kappa shape index (κ3) is 1.79. The highest BCUT2D eigenvalue weighted by molar-refractivity contribution is 7.90. The van der Waals surface area contributed by atoms with Crippen molar-refractivity contribution in [3.05, 3.63) is 0 Å². The second-order valence-electron chi connectivity index (χ2n) is 4.11. The van der Waals surface area contributed by atoms with Crippen LogP contribution in [0.15, 0.2) is 0 Å². The highest BCUT2D eigenvalue weighted by Crippen LogP contribution is 2.32. The van der Waals surface area contributed by atoms with Crippen LogP contribution in [0.1, 0.15) is 25.7 Å². The smallest absolute Gasteiger partial charge is 0.212 e. The summed E-state index contributed by atoms with van der Waals surface area (Å²) in [6, 6.07) is 0. The maximum absolute atomic E-state index is 11.9. The molecular formula is C10H15NO2S. The van der Waals surface area contributed by atoms with Crippen molar-refractivity contribution in [2.75, 3.05) is 13.1 Å². The molecule has 0 radical (unpaired) electrons. The minimum Gasteiger partial charge on any atom is -0.212 e. The number of nitrogens with zero attached hydrogens (tertiary/aromatic N) is 1. The molecule has 0 aromatic rings. The quantitative estimate of drug-likeness (QED) is 0.637. The fourth-order valence-corrected chi connectivity index (χ4v) is 3.81. The number of hydrogen-bond acceptors (Lipinski definition) is 2. The van der Waals surface area contributed by atoms with Crippen molar-refractivity contribution in [2.24, 2.45) is 5.92 Å². The van der Waals surface area contributed by atoms with Gasteiger partial charge in [0.05, 0.1) is 5.25 Å². The average molecular weight is 213 g/mol. The van der Waals surface area contributed by atoms with Crippen molar-refractivity contribution in [1.82, 2.24) is 4.31 Å². The van der Waals surface area contributed by atoms with Gasteiger partial charge in [-0.05, 0) is 25.7 Å². The van der Waals surface area contributed by atoms with E-state index in [1.165, 1.54) is 0 Å². The van der Waals surface area contributed by atoms with Crippen molar-refractivity contribution in [3.8, 4) is 12.3 Å². The summed E-state index contributed by atoms with van der Waals surface area (Å²) >= 11 is 0. The Morgan fingerprint density at radius 1 is 1.29 bits per heavy atom. The van der Waals surface area contributed by atoms with Gasteiger partial charge >= 0.3 is 0 Å². The average Bonchev–Trinajstić information content (AvgIpc) is 3.01. The zero-order valence-corrected chi connectivity index (χ0v) is 8.96. The molecule has 0 amide bonds. The fraction of sp³-hybridized carbons (Fsp3) is 0.800. The lowest BCUT2D eigenvalue weighted by Gasteiger charge is -2.29. The molecule has 0 N–H and O–H groups in total. The lowest BCUT2D eigenvalue weighted by molar-refractivity contribution is 0.306. The lowest BCUT2D eigenvalue weighted by atomic mass is 10.0. The molecule has 0 aromatic heterocycles. The van der Waals surface area contributed by atoms with Crippen molar-refractivity contribution >= 4 is 10.0 Å². The van der Waals surface area contributed by atoms with Crippen LogP contribution in [0.25, 0.3) is 0 Å². The Kier molecular flexibility index (Phi) is 2.54. The highest BCUT2D eigenvalue weighted by Gasteiger charge is 2.41. The molecule has 1 aliphatic carbocycles. The van der Waals surface area contributed by atoms with Gasteiger partial charge in [-0.15, -0.1) is 12.3 Å². The minimum atomic E-state index is -2.99. The first-order valence-corrected chi connectivity index (χ1v) is 6.60. The summed E-state index contributed by atoms with van der Waals surface area (Å²) in [4.78, 5) is 0. The largest absolute Gasteiger partial charge is 0.217 e. The van der Waals surface area contributed by atoms with E-state index in [9.17, 15) is 8.42 Å². The molecule has 0 aromatic carbocycles. The molecule has 14 heavy (non-hydrogen) atoms. The summed E-state index contributed by atoms with van der Waals surface area (Å²) in [5.41, 5.74) is 0. The number of hydrogen-bond donors (Lipinski definition) is 0. The first-order chi connectivity index (χ1) is 6.64. The van der Waals surface area contributed by atoms with Crippen LogP contribution in [0.3, 0.4) is 0 Å². The maximum Gasteiger partial charge on any atom is 0.217 e. The van der Waals surface area contributed by atoms with E-state index < -0.39 is 10.0 Å². The Bertz CT molecular complexity index is 351. The Labute approximate surface area is 85.5 Å². The number of terminal acetylenes is 1. The third-order valence-corrected chi connectivity index (χ3v) is 5.29. The predicted molar refractivity (Wildman–Crippen MR) is 55.1 cm³/mol. The normalized spacial score (nSPS) is 29.8. The molecule has 78 valence electrons. The topological polar surface area (TPSA) is 37.4 Å². The van der Waals surface area contributed by atoms with Gasteiger partial charge in [-0.3, -0.25) is 0 Å². The highest BCUT2D eigenvalue weighted by atomic mass is 32.2. The zero-order chi connectivity index (χ0) is 10.2. The molecular weight excluding hydrogens is 198 g/mol. The molecule has 1 atom stereocenters. The van der Waals surface area contributed by atoms with Gasteiger partial charge in [0.2, 0.25) is 10.0 Å². The molecule has 1 unspecified atom stereocenters. The summed E-state index contributed by atoms with van der Waals surface area (Å²) < 4.78 is 25.3. The molecule has 1 aliphatic heterocycles. The number of sulfonamides is 1.